The molecule has 2 unspecified atom stereocenters. The zero-order chi connectivity index (χ0) is 18.0. The Kier molecular flexibility index (Phi) is 6.26. The summed E-state index contributed by atoms with van der Waals surface area (Å²) in [7, 11) is 1.48. The normalized spacial score (nSPS) is 38.4. The van der Waals surface area contributed by atoms with Gasteiger partial charge >= 0.3 is 11.9 Å². The molecule has 0 N–H and O–H groups in total. The number of rotatable bonds is 5. The highest BCUT2D eigenvalue weighted by atomic mass is 35.5. The molecule has 3 fully saturated rings. The summed E-state index contributed by atoms with van der Waals surface area (Å²) >= 11 is 6.28. The van der Waals surface area contributed by atoms with E-state index in [-0.39, 0.29) is 35.8 Å². The number of ether oxygens (including phenoxy) is 2. The van der Waals surface area contributed by atoms with Gasteiger partial charge in [-0.3, -0.25) is 14.5 Å². The molecule has 2 aliphatic heterocycles. The van der Waals surface area contributed by atoms with Crippen molar-refractivity contribution in [2.75, 3.05) is 20.3 Å². The molecule has 5 nitrogen and oxygen atoms in total. The molecule has 0 aromatic carbocycles. The van der Waals surface area contributed by atoms with E-state index in [0.717, 1.165) is 44.9 Å². The van der Waals surface area contributed by atoms with Gasteiger partial charge in [0, 0.05) is 17.5 Å². The Morgan fingerprint density at radius 3 is 2.48 bits per heavy atom. The van der Waals surface area contributed by atoms with Crippen LogP contribution < -0.4 is 0 Å². The second-order valence-corrected chi connectivity index (χ2v) is 8.35. The Balaban J connectivity index is 1.76. The lowest BCUT2D eigenvalue weighted by Gasteiger charge is -2.46. The second-order valence-electron chi connectivity index (χ2n) is 7.74. The zero-order valence-corrected chi connectivity index (χ0v) is 16.0. The van der Waals surface area contributed by atoms with Crippen molar-refractivity contribution in [1.29, 1.82) is 0 Å². The first-order valence-electron chi connectivity index (χ1n) is 9.68. The van der Waals surface area contributed by atoms with Gasteiger partial charge in [0.15, 0.2) is 0 Å². The first-order valence-corrected chi connectivity index (χ1v) is 10.1. The predicted octanol–water partition coefficient (Wildman–Crippen LogP) is 2.99. The van der Waals surface area contributed by atoms with Gasteiger partial charge in [-0.2, -0.15) is 0 Å². The Bertz CT molecular complexity index is 492. The van der Waals surface area contributed by atoms with Gasteiger partial charge in [0.2, 0.25) is 0 Å². The smallest absolute Gasteiger partial charge is 0.320 e. The predicted molar refractivity (Wildman–Crippen MR) is 95.4 cm³/mol. The van der Waals surface area contributed by atoms with Crippen molar-refractivity contribution in [3.63, 3.8) is 0 Å². The molecule has 142 valence electrons. The number of piperidine rings is 1. The summed E-state index contributed by atoms with van der Waals surface area (Å²) in [6, 6.07) is 0.489. The molecule has 3 aliphatic rings. The van der Waals surface area contributed by atoms with E-state index in [1.54, 1.807) is 0 Å². The quantitative estimate of drug-likeness (QED) is 0.549. The molecule has 0 aromatic rings. The molecule has 0 amide bonds. The number of hydrogen-bond acceptors (Lipinski definition) is 5. The van der Waals surface area contributed by atoms with Crippen molar-refractivity contribution in [2.24, 2.45) is 17.8 Å². The van der Waals surface area contributed by atoms with E-state index in [1.165, 1.54) is 7.11 Å². The summed E-state index contributed by atoms with van der Waals surface area (Å²) in [6.45, 7) is 2.51. The maximum absolute atomic E-state index is 12.6. The number of carbonyl (C=O) groups is 2. The summed E-state index contributed by atoms with van der Waals surface area (Å²) in [5, 5.41) is 0.286. The third kappa shape index (κ3) is 3.97. The van der Waals surface area contributed by atoms with Gasteiger partial charge in [-0.15, -0.1) is 11.6 Å². The summed E-state index contributed by atoms with van der Waals surface area (Å²) in [4.78, 5) is 26.9. The number of fused-ring (bicyclic) bond motifs is 2. The minimum absolute atomic E-state index is 0.106. The number of nitrogens with zero attached hydrogens (tertiary/aromatic N) is 1. The molecule has 2 saturated heterocycles. The maximum atomic E-state index is 12.6. The average molecular weight is 372 g/mol. The first-order chi connectivity index (χ1) is 12.0. The number of methoxy groups -OCH3 is 1. The maximum Gasteiger partial charge on any atom is 0.320 e. The molecule has 0 radical (unpaired) electrons. The molecule has 2 heterocycles. The van der Waals surface area contributed by atoms with E-state index < -0.39 is 0 Å². The van der Waals surface area contributed by atoms with Gasteiger partial charge in [0.1, 0.15) is 0 Å². The lowest BCUT2D eigenvalue weighted by atomic mass is 9.68. The van der Waals surface area contributed by atoms with Crippen LogP contribution in [0, 0.1) is 17.8 Å². The Morgan fingerprint density at radius 1 is 1.12 bits per heavy atom. The SMILES string of the molecule is CCOC(=O)CN1C2CC[C@@H]1C[C@H](C1CCC(Cl)CC1)C2C(=O)OC. The third-order valence-electron chi connectivity index (χ3n) is 6.51. The van der Waals surface area contributed by atoms with E-state index in [4.69, 9.17) is 21.1 Å². The van der Waals surface area contributed by atoms with Crippen molar-refractivity contribution in [2.45, 2.75) is 69.3 Å². The van der Waals surface area contributed by atoms with Gasteiger partial charge in [-0.05, 0) is 63.7 Å². The van der Waals surface area contributed by atoms with Crippen molar-refractivity contribution in [3.8, 4) is 0 Å². The molecule has 1 saturated carbocycles. The summed E-state index contributed by atoms with van der Waals surface area (Å²) in [5.41, 5.74) is 0. The summed E-state index contributed by atoms with van der Waals surface area (Å²) in [5.74, 6) is 0.468. The van der Waals surface area contributed by atoms with Crippen LogP contribution in [0.1, 0.15) is 51.9 Å². The van der Waals surface area contributed by atoms with Crippen LogP contribution in [-0.2, 0) is 19.1 Å². The molecule has 0 aromatic heterocycles. The number of hydrogen-bond donors (Lipinski definition) is 0. The second kappa shape index (κ2) is 8.26. The Morgan fingerprint density at radius 2 is 1.84 bits per heavy atom. The average Bonchev–Trinajstić information content (AvgIpc) is 2.86. The molecule has 0 spiro atoms. The highest BCUT2D eigenvalue weighted by Gasteiger charge is 2.53. The Labute approximate surface area is 155 Å². The molecule has 2 bridgehead atoms. The van der Waals surface area contributed by atoms with Crippen LogP contribution in [0.2, 0.25) is 0 Å². The van der Waals surface area contributed by atoms with Gasteiger partial charge in [0.25, 0.3) is 0 Å². The number of halogens is 1. The van der Waals surface area contributed by atoms with Crippen LogP contribution in [-0.4, -0.2) is 54.6 Å². The molecular formula is C19H30ClNO4. The van der Waals surface area contributed by atoms with E-state index in [0.29, 0.717) is 24.5 Å². The fourth-order valence-corrected chi connectivity index (χ4v) is 5.67. The first kappa shape index (κ1) is 19.0. The van der Waals surface area contributed by atoms with Gasteiger partial charge in [0.05, 0.1) is 26.2 Å². The Hall–Kier alpha value is -0.810. The van der Waals surface area contributed by atoms with Gasteiger partial charge in [-0.1, -0.05) is 0 Å². The van der Waals surface area contributed by atoms with Crippen LogP contribution >= 0.6 is 11.6 Å². The van der Waals surface area contributed by atoms with Gasteiger partial charge in [-0.25, -0.2) is 0 Å². The van der Waals surface area contributed by atoms with E-state index in [9.17, 15) is 9.59 Å². The third-order valence-corrected chi connectivity index (χ3v) is 6.94. The summed E-state index contributed by atoms with van der Waals surface area (Å²) < 4.78 is 10.3. The highest BCUT2D eigenvalue weighted by molar-refractivity contribution is 6.20. The van der Waals surface area contributed by atoms with Crippen molar-refractivity contribution < 1.29 is 19.1 Å². The van der Waals surface area contributed by atoms with E-state index in [2.05, 4.69) is 4.90 Å². The molecule has 25 heavy (non-hydrogen) atoms. The topological polar surface area (TPSA) is 55.8 Å². The molecule has 3 rings (SSSR count). The van der Waals surface area contributed by atoms with Crippen molar-refractivity contribution >= 4 is 23.5 Å². The highest BCUT2D eigenvalue weighted by Crippen LogP contribution is 2.49. The van der Waals surface area contributed by atoms with Crippen molar-refractivity contribution in [3.05, 3.63) is 0 Å². The van der Waals surface area contributed by atoms with Crippen LogP contribution in [0.15, 0.2) is 0 Å². The van der Waals surface area contributed by atoms with Crippen LogP contribution in [0.3, 0.4) is 0 Å². The van der Waals surface area contributed by atoms with Crippen LogP contribution in [0.25, 0.3) is 0 Å². The molecule has 1 aliphatic carbocycles. The number of esters is 2. The molecule has 4 atom stereocenters. The lowest BCUT2D eigenvalue weighted by Crippen LogP contribution is -2.55. The lowest BCUT2D eigenvalue weighted by molar-refractivity contribution is -0.158. The molecule has 6 heteroatoms. The largest absolute Gasteiger partial charge is 0.469 e. The van der Waals surface area contributed by atoms with Crippen molar-refractivity contribution in [1.82, 2.24) is 4.90 Å². The number of alkyl halides is 1. The van der Waals surface area contributed by atoms with Gasteiger partial charge < -0.3 is 9.47 Å². The fourth-order valence-electron chi connectivity index (χ4n) is 5.41. The standard InChI is InChI=1S/C19H30ClNO4/c1-3-25-17(22)11-21-14-8-9-16(21)18(19(23)24-2)15(10-14)12-4-6-13(20)7-5-12/h12-16,18H,3-11H2,1-2H3/t12?,13?,14-,15-,16?,18?/m1/s1. The zero-order valence-electron chi connectivity index (χ0n) is 15.3. The minimum atomic E-state index is -0.191. The van der Waals surface area contributed by atoms with E-state index >= 15 is 0 Å². The molecular weight excluding hydrogens is 342 g/mol. The fraction of sp³-hybridized carbons (Fsp3) is 0.895. The van der Waals surface area contributed by atoms with Crippen LogP contribution in [0.4, 0.5) is 0 Å². The minimum Gasteiger partial charge on any atom is -0.469 e. The van der Waals surface area contributed by atoms with E-state index in [1.807, 2.05) is 6.92 Å². The van der Waals surface area contributed by atoms with Crippen LogP contribution in [0.5, 0.6) is 0 Å². The summed E-state index contributed by atoms with van der Waals surface area (Å²) in [6.07, 6.45) is 7.28. The monoisotopic (exact) mass is 371 g/mol. The number of carbonyl (C=O) groups excluding carboxylic acids is 2.